The Morgan fingerprint density at radius 2 is 0.667 bits per heavy atom. The predicted molar refractivity (Wildman–Crippen MR) is 391 cm³/mol. The van der Waals surface area contributed by atoms with Crippen LogP contribution in [-0.4, -0.2) is 77.2 Å². The van der Waals surface area contributed by atoms with E-state index >= 15 is 0 Å². The molecular formula is C80H56F15N15O4. The van der Waals surface area contributed by atoms with Crippen LogP contribution in [0.5, 0.6) is 0 Å². The molecule has 8 heterocycles. The van der Waals surface area contributed by atoms with Gasteiger partial charge in [0, 0.05) is 87.1 Å². The van der Waals surface area contributed by atoms with Crippen molar-refractivity contribution in [1.82, 2.24) is 53.6 Å². The maximum absolute atomic E-state index is 14.1. The van der Waals surface area contributed by atoms with Crippen LogP contribution in [0.15, 0.2) is 225 Å². The number of nitrogens with one attached hydrogen (secondary N) is 4. The van der Waals surface area contributed by atoms with Gasteiger partial charge >= 0.3 is 12.4 Å². The maximum atomic E-state index is 14.1. The molecule has 0 radical (unpaired) electrons. The predicted octanol–water partition coefficient (Wildman–Crippen LogP) is 18.5. The summed E-state index contributed by atoms with van der Waals surface area (Å²) in [6.07, 6.45) is -0.582. The van der Waals surface area contributed by atoms with E-state index in [-0.39, 0.29) is 68.5 Å². The number of benzene rings is 6. The zero-order chi connectivity index (χ0) is 82.0. The van der Waals surface area contributed by atoms with Crippen molar-refractivity contribution in [2.24, 2.45) is 28.2 Å². The summed E-state index contributed by atoms with van der Waals surface area (Å²) >= 11 is 0. The Labute approximate surface area is 636 Å². The second kappa shape index (κ2) is 34.3. The van der Waals surface area contributed by atoms with Gasteiger partial charge in [0.2, 0.25) is 0 Å². The van der Waals surface area contributed by atoms with Gasteiger partial charge in [-0.3, -0.25) is 28.5 Å². The monoisotopic (exact) mass is 1580 g/mol. The normalized spacial score (nSPS) is 11.1. The van der Waals surface area contributed by atoms with Crippen molar-refractivity contribution < 1.29 is 85.0 Å². The molecule has 0 fully saturated rings. The Morgan fingerprint density at radius 1 is 0.325 bits per heavy atom. The maximum Gasteiger partial charge on any atom is 0.417 e. The van der Waals surface area contributed by atoms with Gasteiger partial charge in [-0.25, -0.2) is 64.4 Å². The van der Waals surface area contributed by atoms with Gasteiger partial charge in [0.05, 0.1) is 68.7 Å². The van der Waals surface area contributed by atoms with Crippen molar-refractivity contribution in [3.8, 4) is 67.7 Å². The second-order valence-electron chi connectivity index (χ2n) is 24.6. The molecular weight excluding hydrogens is 1520 g/mol. The van der Waals surface area contributed by atoms with E-state index in [4.69, 9.17) is 0 Å². The summed E-state index contributed by atoms with van der Waals surface area (Å²) in [5, 5.41) is 18.2. The van der Waals surface area contributed by atoms with Gasteiger partial charge in [-0.2, -0.15) is 36.5 Å². The molecule has 4 amide bonds. The van der Waals surface area contributed by atoms with Crippen molar-refractivity contribution in [1.29, 1.82) is 0 Å². The highest BCUT2D eigenvalue weighted by Gasteiger charge is 2.34. The van der Waals surface area contributed by atoms with Crippen molar-refractivity contribution in [3.63, 3.8) is 0 Å². The average molecular weight is 1580 g/mol. The first-order chi connectivity index (χ1) is 54.2. The molecule has 14 aromatic rings. The third-order valence-corrected chi connectivity index (χ3v) is 16.8. The number of hydrogen-bond donors (Lipinski definition) is 4. The fraction of sp³-hybridized carbons (Fsp3) is 0.0875. The van der Waals surface area contributed by atoms with E-state index in [1.165, 1.54) is 112 Å². The van der Waals surface area contributed by atoms with E-state index in [1.54, 1.807) is 74.9 Å². The Hall–Kier alpha value is -14.3. The molecule has 34 heteroatoms. The minimum Gasteiger partial charge on any atom is -0.350 e. The molecule has 580 valence electrons. The molecule has 0 saturated heterocycles. The van der Waals surface area contributed by atoms with Crippen LogP contribution >= 0.6 is 0 Å². The number of carbonyl (C=O) groups excluding carboxylic acids is 4. The molecule has 0 saturated carbocycles. The molecule has 0 bridgehead atoms. The van der Waals surface area contributed by atoms with Gasteiger partial charge in [0.1, 0.15) is 86.6 Å². The number of amides is 4. The first-order valence-corrected chi connectivity index (χ1v) is 33.3. The molecule has 0 atom stereocenters. The van der Waals surface area contributed by atoms with Crippen molar-refractivity contribution >= 4 is 46.9 Å². The van der Waals surface area contributed by atoms with Gasteiger partial charge in [-0.15, -0.1) is 0 Å². The van der Waals surface area contributed by atoms with Crippen molar-refractivity contribution in [3.05, 3.63) is 317 Å². The van der Waals surface area contributed by atoms with Gasteiger partial charge < -0.3 is 30.4 Å². The van der Waals surface area contributed by atoms with Crippen LogP contribution in [-0.2, 0) is 40.5 Å². The fourth-order valence-corrected chi connectivity index (χ4v) is 11.2. The lowest BCUT2D eigenvalue weighted by atomic mass is 10.1. The third-order valence-electron chi connectivity index (χ3n) is 16.8. The SMILES string of the molecule is Cc1ccccc1C(=O)Nc1ccc(-c2cc(-c3c(F)cccc3F)nn2C)cn1.Cn1cc(C(F)(F)F)cc1-c1ccc(NC(=O)c2c(F)cccc2F)nc1.Cn1cc(C(F)(F)F)cc1-c1cnc(NC(=O)c2c(F)cccc2F)cn1.Cn1nc(-c2c(F)cccc2F)cc1-c1ccc(NC(=O)c2ccccc2F)nc1. The molecule has 14 rings (SSSR count). The number of pyridine rings is 3. The summed E-state index contributed by atoms with van der Waals surface area (Å²) in [4.78, 5) is 68.8. The molecule has 0 aliphatic carbocycles. The summed E-state index contributed by atoms with van der Waals surface area (Å²) in [5.74, 6) is -9.95. The van der Waals surface area contributed by atoms with Crippen LogP contribution in [0, 0.1) is 59.3 Å². The van der Waals surface area contributed by atoms with Crippen LogP contribution in [0.3, 0.4) is 0 Å². The van der Waals surface area contributed by atoms with Crippen LogP contribution in [0.1, 0.15) is 58.1 Å². The number of anilines is 4. The van der Waals surface area contributed by atoms with E-state index in [0.717, 1.165) is 78.9 Å². The third kappa shape index (κ3) is 18.9. The number of carbonyl (C=O) groups is 4. The van der Waals surface area contributed by atoms with Crippen LogP contribution in [0.4, 0.5) is 89.1 Å². The van der Waals surface area contributed by atoms with Crippen molar-refractivity contribution in [2.75, 3.05) is 21.3 Å². The molecule has 4 N–H and O–H groups in total. The molecule has 114 heavy (non-hydrogen) atoms. The quantitative estimate of drug-likeness (QED) is 0.0749. The molecule has 0 aliphatic heterocycles. The lowest BCUT2D eigenvalue weighted by Crippen LogP contribution is -2.16. The highest BCUT2D eigenvalue weighted by molar-refractivity contribution is 6.06. The van der Waals surface area contributed by atoms with E-state index in [0.29, 0.717) is 39.5 Å². The largest absolute Gasteiger partial charge is 0.417 e. The topological polar surface area (TPSA) is 226 Å². The minimum absolute atomic E-state index is 0.00310. The van der Waals surface area contributed by atoms with Gasteiger partial charge in [-0.05, 0) is 140 Å². The number of halogens is 15. The van der Waals surface area contributed by atoms with E-state index in [2.05, 4.69) is 56.4 Å². The number of nitrogens with zero attached hydrogens (tertiary/aromatic N) is 11. The second-order valence-corrected chi connectivity index (χ2v) is 24.6. The highest BCUT2D eigenvalue weighted by Crippen LogP contribution is 2.37. The summed E-state index contributed by atoms with van der Waals surface area (Å²) in [7, 11) is 6.21. The zero-order valence-electron chi connectivity index (χ0n) is 59.6. The lowest BCUT2D eigenvalue weighted by Gasteiger charge is -2.08. The van der Waals surface area contributed by atoms with E-state index < -0.39 is 105 Å². The van der Waals surface area contributed by atoms with Gasteiger partial charge in [0.15, 0.2) is 5.82 Å². The molecule has 0 unspecified atom stereocenters. The first kappa shape index (κ1) is 80.7. The lowest BCUT2D eigenvalue weighted by molar-refractivity contribution is -0.138. The summed E-state index contributed by atoms with van der Waals surface area (Å²) < 4.78 is 207. The van der Waals surface area contributed by atoms with Crippen LogP contribution in [0.2, 0.25) is 0 Å². The highest BCUT2D eigenvalue weighted by atomic mass is 19.4. The molecule has 0 spiro atoms. The summed E-state index contributed by atoms with van der Waals surface area (Å²) in [5.41, 5.74) is 1.63. The number of hydrogen-bond acceptors (Lipinski definition) is 11. The van der Waals surface area contributed by atoms with Gasteiger partial charge in [-0.1, -0.05) is 54.6 Å². The average Bonchev–Trinajstić information content (AvgIpc) is 1.64. The molecule has 8 aromatic heterocycles. The number of alkyl halides is 6. The molecule has 0 aliphatic rings. The Kier molecular flexibility index (Phi) is 24.3. The van der Waals surface area contributed by atoms with Crippen LogP contribution < -0.4 is 21.3 Å². The minimum atomic E-state index is -4.50. The fourth-order valence-electron chi connectivity index (χ4n) is 11.2. The zero-order valence-corrected chi connectivity index (χ0v) is 59.6. The Morgan fingerprint density at radius 3 is 1.04 bits per heavy atom. The number of rotatable bonds is 14. The van der Waals surface area contributed by atoms with Crippen LogP contribution in [0.25, 0.3) is 67.7 Å². The van der Waals surface area contributed by atoms with E-state index in [9.17, 15) is 85.0 Å². The number of aryl methyl sites for hydroxylation is 5. The Balaban J connectivity index is 0.000000150. The Bertz CT molecular complexity index is 5450. The van der Waals surface area contributed by atoms with E-state index in [1.807, 2.05) is 19.1 Å². The van der Waals surface area contributed by atoms with Crippen molar-refractivity contribution in [2.45, 2.75) is 19.3 Å². The number of aromatic nitrogens is 11. The first-order valence-electron chi connectivity index (χ1n) is 33.3. The van der Waals surface area contributed by atoms with Gasteiger partial charge in [0.25, 0.3) is 23.6 Å². The molecule has 19 nitrogen and oxygen atoms in total. The summed E-state index contributed by atoms with van der Waals surface area (Å²) in [6, 6.07) is 40.7. The smallest absolute Gasteiger partial charge is 0.350 e. The molecule has 6 aromatic carbocycles. The standard InChI is InChI=1S/C23H18F2N4O.C22H15F3N4O.C18H12F5N3O.C17H11F5N4O/c1-14-6-3-4-7-16(14)23(30)27-21-11-10-15(13-26-21)20-12-19(28-29(20)2)22-17(24)8-5-9-18(22)25;1-29-19(11-18(28-29)21-16(24)7-4-8-17(21)25)13-9-10-20(26-12-13)27-22(30)14-5-2-3-6-15(14)23;1-26-9-11(18(21,22)23)7-14(26)10-5-6-15(24-8-10)25-17(27)16-12(19)3-2-4-13(16)20;1-26-8-9(17(20,21)22)5-13(26)12-6-24-14(7-23-12)25-16(27)15-10(18)3-2-4-11(15)19/h3-13H,1-2H3,(H,26,27,30);2-12H,1H3,(H,26,27,30);2-9H,1H3,(H,24,25,27);2-8H,1H3,(H,24,25,27). The summed E-state index contributed by atoms with van der Waals surface area (Å²) in [6.45, 7) is 1.86.